The van der Waals surface area contributed by atoms with Gasteiger partial charge >= 0.3 is 0 Å². The van der Waals surface area contributed by atoms with E-state index in [2.05, 4.69) is 56.3 Å². The molecule has 7 nitrogen and oxygen atoms in total. The maximum Gasteiger partial charge on any atom is 0.222 e. The van der Waals surface area contributed by atoms with Crippen LogP contribution in [0.15, 0.2) is 30.5 Å². The van der Waals surface area contributed by atoms with Crippen LogP contribution < -0.4 is 5.73 Å². The molecule has 7 heteroatoms. The Bertz CT molecular complexity index is 838. The molecule has 24 heavy (non-hydrogen) atoms. The van der Waals surface area contributed by atoms with Gasteiger partial charge in [-0.1, -0.05) is 24.3 Å². The highest BCUT2D eigenvalue weighted by Crippen LogP contribution is 2.28. The minimum Gasteiger partial charge on any atom is -0.379 e. The Morgan fingerprint density at radius 2 is 1.92 bits per heavy atom. The summed E-state index contributed by atoms with van der Waals surface area (Å²) in [5.41, 5.74) is 9.56. The standard InChI is InChI=1S/C17H20N6O/c1-11(23-6-8-24-9-7-23)12-2-4-13(5-3-12)15-14-10-19-22-16(14)21-17(18)20-15/h2-5,10-11H,6-9H2,1H3,(H3,18,19,20,21,22)/t11-/m0/s1. The number of hydrogen-bond donors (Lipinski definition) is 2. The quantitative estimate of drug-likeness (QED) is 0.765. The third-order valence-electron chi connectivity index (χ3n) is 4.59. The number of nitrogens with two attached hydrogens (primary N) is 1. The maximum atomic E-state index is 5.81. The number of nitrogens with one attached hydrogen (secondary N) is 1. The van der Waals surface area contributed by atoms with Gasteiger partial charge in [0.25, 0.3) is 0 Å². The van der Waals surface area contributed by atoms with Crippen LogP contribution in [0, 0.1) is 0 Å². The average molecular weight is 324 g/mol. The summed E-state index contributed by atoms with van der Waals surface area (Å²) in [6, 6.07) is 8.84. The molecule has 0 spiro atoms. The number of morpholine rings is 1. The summed E-state index contributed by atoms with van der Waals surface area (Å²) in [7, 11) is 0. The van der Waals surface area contributed by atoms with Crippen LogP contribution in [0.5, 0.6) is 0 Å². The van der Waals surface area contributed by atoms with Crippen LogP contribution in [0.1, 0.15) is 18.5 Å². The zero-order valence-corrected chi connectivity index (χ0v) is 13.6. The fourth-order valence-corrected chi connectivity index (χ4v) is 3.17. The topological polar surface area (TPSA) is 93.0 Å². The number of aromatic nitrogens is 4. The Morgan fingerprint density at radius 3 is 2.67 bits per heavy atom. The monoisotopic (exact) mass is 324 g/mol. The van der Waals surface area contributed by atoms with E-state index in [4.69, 9.17) is 10.5 Å². The summed E-state index contributed by atoms with van der Waals surface area (Å²) < 4.78 is 5.43. The number of rotatable bonds is 3. The number of ether oxygens (including phenoxy) is 1. The smallest absolute Gasteiger partial charge is 0.222 e. The summed E-state index contributed by atoms with van der Waals surface area (Å²) in [5.74, 6) is 0.243. The fraction of sp³-hybridized carbons (Fsp3) is 0.353. The first-order valence-electron chi connectivity index (χ1n) is 8.11. The van der Waals surface area contributed by atoms with Crippen LogP contribution in [-0.2, 0) is 4.74 Å². The van der Waals surface area contributed by atoms with Gasteiger partial charge in [0.15, 0.2) is 5.65 Å². The molecule has 1 aliphatic rings. The number of benzene rings is 1. The first kappa shape index (κ1) is 15.0. The van der Waals surface area contributed by atoms with Gasteiger partial charge in [-0.05, 0) is 12.5 Å². The molecule has 1 atom stereocenters. The van der Waals surface area contributed by atoms with Gasteiger partial charge in [0.05, 0.1) is 30.5 Å². The van der Waals surface area contributed by atoms with E-state index in [0.29, 0.717) is 11.7 Å². The van der Waals surface area contributed by atoms with E-state index in [9.17, 15) is 0 Å². The summed E-state index contributed by atoms with van der Waals surface area (Å²) in [6.45, 7) is 5.79. The van der Waals surface area contributed by atoms with E-state index in [1.165, 1.54) is 5.56 Å². The summed E-state index contributed by atoms with van der Waals surface area (Å²) in [5, 5.41) is 7.75. The highest BCUT2D eigenvalue weighted by atomic mass is 16.5. The highest BCUT2D eigenvalue weighted by Gasteiger charge is 2.18. The first-order chi connectivity index (χ1) is 11.7. The number of H-pyrrole nitrogens is 1. The minimum atomic E-state index is 0.243. The van der Waals surface area contributed by atoms with Gasteiger partial charge in [0, 0.05) is 24.7 Å². The van der Waals surface area contributed by atoms with E-state index in [-0.39, 0.29) is 5.95 Å². The van der Waals surface area contributed by atoms with E-state index in [1.54, 1.807) is 6.20 Å². The molecule has 124 valence electrons. The van der Waals surface area contributed by atoms with Crippen molar-refractivity contribution in [3.63, 3.8) is 0 Å². The lowest BCUT2D eigenvalue weighted by Gasteiger charge is -2.32. The minimum absolute atomic E-state index is 0.243. The molecule has 0 radical (unpaired) electrons. The molecule has 0 bridgehead atoms. The van der Waals surface area contributed by atoms with Crippen molar-refractivity contribution in [3.05, 3.63) is 36.0 Å². The first-order valence-corrected chi connectivity index (χ1v) is 8.11. The number of aromatic amines is 1. The molecule has 4 rings (SSSR count). The molecule has 3 heterocycles. The lowest BCUT2D eigenvalue weighted by atomic mass is 10.0. The normalized spacial score (nSPS) is 17.2. The molecular weight excluding hydrogens is 304 g/mol. The van der Waals surface area contributed by atoms with E-state index >= 15 is 0 Å². The zero-order valence-electron chi connectivity index (χ0n) is 13.6. The van der Waals surface area contributed by atoms with E-state index in [1.807, 2.05) is 0 Å². The van der Waals surface area contributed by atoms with Crippen molar-refractivity contribution in [1.29, 1.82) is 0 Å². The molecule has 0 unspecified atom stereocenters. The number of hydrogen-bond acceptors (Lipinski definition) is 6. The second kappa shape index (κ2) is 6.18. The van der Waals surface area contributed by atoms with Gasteiger partial charge in [-0.25, -0.2) is 4.98 Å². The molecule has 0 aliphatic carbocycles. The van der Waals surface area contributed by atoms with Crippen LogP contribution >= 0.6 is 0 Å². The van der Waals surface area contributed by atoms with Crippen LogP contribution in [0.2, 0.25) is 0 Å². The van der Waals surface area contributed by atoms with Crippen molar-refractivity contribution in [2.45, 2.75) is 13.0 Å². The molecule has 0 amide bonds. The number of nitrogen functional groups attached to an aromatic ring is 1. The fourth-order valence-electron chi connectivity index (χ4n) is 3.17. The predicted octanol–water partition coefficient (Wildman–Crippen LogP) is 2.00. The van der Waals surface area contributed by atoms with Gasteiger partial charge in [0.1, 0.15) is 0 Å². The van der Waals surface area contributed by atoms with E-state index < -0.39 is 0 Å². The maximum absolute atomic E-state index is 5.81. The molecule has 3 N–H and O–H groups in total. The largest absolute Gasteiger partial charge is 0.379 e. The van der Waals surface area contributed by atoms with Crippen LogP contribution in [-0.4, -0.2) is 51.4 Å². The third kappa shape index (κ3) is 2.72. The van der Waals surface area contributed by atoms with Crippen LogP contribution in [0.3, 0.4) is 0 Å². The Hall–Kier alpha value is -2.51. The van der Waals surface area contributed by atoms with E-state index in [0.717, 1.165) is 42.9 Å². The molecule has 1 aromatic carbocycles. The molecule has 3 aromatic rings. The predicted molar refractivity (Wildman–Crippen MR) is 92.3 cm³/mol. The summed E-state index contributed by atoms with van der Waals surface area (Å²) in [4.78, 5) is 11.0. The van der Waals surface area contributed by atoms with Gasteiger partial charge in [-0.15, -0.1) is 0 Å². The molecule has 1 aliphatic heterocycles. The second-order valence-corrected chi connectivity index (χ2v) is 6.01. The number of fused-ring (bicyclic) bond motifs is 1. The molecule has 1 fully saturated rings. The molecular formula is C17H20N6O. The van der Waals surface area contributed by atoms with Crippen molar-refractivity contribution in [1.82, 2.24) is 25.1 Å². The summed E-state index contributed by atoms with van der Waals surface area (Å²) in [6.07, 6.45) is 1.73. The second-order valence-electron chi connectivity index (χ2n) is 6.01. The van der Waals surface area contributed by atoms with Crippen molar-refractivity contribution < 1.29 is 4.74 Å². The Morgan fingerprint density at radius 1 is 1.17 bits per heavy atom. The van der Waals surface area contributed by atoms with Crippen LogP contribution in [0.25, 0.3) is 22.3 Å². The zero-order chi connectivity index (χ0) is 16.5. The molecule has 0 saturated carbocycles. The SMILES string of the molecule is C[C@@H](c1ccc(-c2nc(N)nc3[nH]ncc23)cc1)N1CCOCC1. The Kier molecular flexibility index (Phi) is 3.87. The molecule has 2 aromatic heterocycles. The lowest BCUT2D eigenvalue weighted by Crippen LogP contribution is -2.37. The third-order valence-corrected chi connectivity index (χ3v) is 4.59. The van der Waals surface area contributed by atoms with Crippen molar-refractivity contribution in [2.24, 2.45) is 0 Å². The lowest BCUT2D eigenvalue weighted by molar-refractivity contribution is 0.0198. The van der Waals surface area contributed by atoms with Crippen molar-refractivity contribution in [2.75, 3.05) is 32.0 Å². The van der Waals surface area contributed by atoms with Gasteiger partial charge in [0.2, 0.25) is 5.95 Å². The summed E-state index contributed by atoms with van der Waals surface area (Å²) >= 11 is 0. The highest BCUT2D eigenvalue weighted by molar-refractivity contribution is 5.90. The van der Waals surface area contributed by atoms with Crippen molar-refractivity contribution >= 4 is 17.0 Å². The van der Waals surface area contributed by atoms with Gasteiger partial charge in [-0.3, -0.25) is 10.00 Å². The Balaban J connectivity index is 1.64. The average Bonchev–Trinajstić information content (AvgIpc) is 3.09. The number of anilines is 1. The van der Waals surface area contributed by atoms with Gasteiger partial charge in [-0.2, -0.15) is 10.1 Å². The van der Waals surface area contributed by atoms with Crippen molar-refractivity contribution in [3.8, 4) is 11.3 Å². The number of nitrogens with zero attached hydrogens (tertiary/aromatic N) is 4. The molecule has 1 saturated heterocycles. The van der Waals surface area contributed by atoms with Crippen LogP contribution in [0.4, 0.5) is 5.95 Å². The van der Waals surface area contributed by atoms with Gasteiger partial charge < -0.3 is 10.5 Å². The Labute approximate surface area is 139 Å².